The summed E-state index contributed by atoms with van der Waals surface area (Å²) in [5.41, 5.74) is 0.176. The summed E-state index contributed by atoms with van der Waals surface area (Å²) < 4.78 is 42.6. The summed E-state index contributed by atoms with van der Waals surface area (Å²) in [4.78, 5) is 0. The van der Waals surface area contributed by atoms with Crippen molar-refractivity contribution in [3.05, 3.63) is 35.4 Å². The highest BCUT2D eigenvalue weighted by Crippen LogP contribution is 2.29. The molecule has 2 rings (SSSR count). The predicted octanol–water partition coefficient (Wildman–Crippen LogP) is 2.83. The molecule has 1 heterocycles. The first kappa shape index (κ1) is 13.4. The number of halogens is 3. The molecule has 0 bridgehead atoms. The van der Waals surface area contributed by atoms with Crippen molar-refractivity contribution < 1.29 is 17.9 Å². The van der Waals surface area contributed by atoms with Gasteiger partial charge in [-0.3, -0.25) is 0 Å². The van der Waals surface area contributed by atoms with Crippen molar-refractivity contribution in [3.8, 4) is 0 Å². The minimum atomic E-state index is -4.27. The minimum Gasteiger partial charge on any atom is -0.380 e. The molecule has 1 saturated heterocycles. The van der Waals surface area contributed by atoms with Gasteiger partial charge in [0, 0.05) is 18.5 Å². The van der Waals surface area contributed by atoms with Crippen LogP contribution < -0.4 is 5.32 Å². The van der Waals surface area contributed by atoms with E-state index in [9.17, 15) is 13.2 Å². The van der Waals surface area contributed by atoms with Crippen molar-refractivity contribution in [2.75, 3.05) is 19.8 Å². The Morgan fingerprint density at radius 2 is 2.06 bits per heavy atom. The van der Waals surface area contributed by atoms with Crippen LogP contribution in [0.5, 0.6) is 0 Å². The molecule has 1 fully saturated rings. The highest BCUT2D eigenvalue weighted by molar-refractivity contribution is 5.25. The fraction of sp³-hybridized carbons (Fsp3) is 0.538. The Balaban J connectivity index is 1.89. The van der Waals surface area contributed by atoms with Gasteiger partial charge in [-0.05, 0) is 11.6 Å². The van der Waals surface area contributed by atoms with Gasteiger partial charge in [0.05, 0.1) is 18.8 Å². The first-order valence-corrected chi connectivity index (χ1v) is 5.84. The van der Waals surface area contributed by atoms with Crippen LogP contribution in [0.4, 0.5) is 13.2 Å². The first-order valence-electron chi connectivity index (χ1n) is 5.84. The van der Waals surface area contributed by atoms with Crippen molar-refractivity contribution in [2.24, 2.45) is 5.41 Å². The summed E-state index contributed by atoms with van der Waals surface area (Å²) in [5.74, 6) is 0. The summed E-state index contributed by atoms with van der Waals surface area (Å²) in [6.07, 6.45) is -4.27. The third-order valence-corrected chi connectivity index (χ3v) is 3.04. The summed E-state index contributed by atoms with van der Waals surface area (Å²) in [6, 6.07) is 5.41. The topological polar surface area (TPSA) is 21.3 Å². The van der Waals surface area contributed by atoms with E-state index in [4.69, 9.17) is 4.74 Å². The summed E-state index contributed by atoms with van der Waals surface area (Å²) in [6.45, 7) is 4.71. The van der Waals surface area contributed by atoms with Crippen LogP contribution in [0.25, 0.3) is 0 Å². The lowest BCUT2D eigenvalue weighted by atomic mass is 9.89. The van der Waals surface area contributed by atoms with Crippen molar-refractivity contribution in [1.29, 1.82) is 0 Å². The van der Waals surface area contributed by atoms with Crippen molar-refractivity contribution in [1.82, 2.24) is 5.32 Å². The van der Waals surface area contributed by atoms with E-state index in [1.807, 2.05) is 0 Å². The average Bonchev–Trinajstić information content (AvgIpc) is 2.26. The predicted molar refractivity (Wildman–Crippen MR) is 62.1 cm³/mol. The van der Waals surface area contributed by atoms with E-state index < -0.39 is 11.7 Å². The number of rotatable bonds is 4. The molecule has 0 radical (unpaired) electrons. The standard InChI is InChI=1S/C13H16F3NO/c1-12(8-18-9-12)7-17-6-10-3-2-4-11(5-10)13(14,15)16/h2-5,17H,6-9H2,1H3. The molecule has 0 spiro atoms. The van der Waals surface area contributed by atoms with Gasteiger partial charge in [0.25, 0.3) is 0 Å². The van der Waals surface area contributed by atoms with E-state index in [2.05, 4.69) is 12.2 Å². The quantitative estimate of drug-likeness (QED) is 0.897. The van der Waals surface area contributed by atoms with E-state index in [0.29, 0.717) is 25.3 Å². The Morgan fingerprint density at radius 3 is 2.61 bits per heavy atom. The van der Waals surface area contributed by atoms with Gasteiger partial charge < -0.3 is 10.1 Å². The van der Waals surface area contributed by atoms with Gasteiger partial charge in [-0.15, -0.1) is 0 Å². The number of alkyl halides is 3. The van der Waals surface area contributed by atoms with Crippen LogP contribution in [0.3, 0.4) is 0 Å². The molecule has 5 heteroatoms. The summed E-state index contributed by atoms with van der Waals surface area (Å²) in [7, 11) is 0. The average molecular weight is 259 g/mol. The lowest BCUT2D eigenvalue weighted by molar-refractivity contribution is -0.137. The fourth-order valence-corrected chi connectivity index (χ4v) is 1.92. The molecule has 1 aliphatic rings. The Labute approximate surface area is 104 Å². The van der Waals surface area contributed by atoms with Gasteiger partial charge in [0.2, 0.25) is 0 Å². The maximum absolute atomic E-state index is 12.5. The normalized spacial score (nSPS) is 18.4. The first-order chi connectivity index (χ1) is 8.39. The van der Waals surface area contributed by atoms with Gasteiger partial charge in [-0.25, -0.2) is 0 Å². The van der Waals surface area contributed by atoms with Crippen molar-refractivity contribution in [2.45, 2.75) is 19.6 Å². The minimum absolute atomic E-state index is 0.127. The van der Waals surface area contributed by atoms with Crippen LogP contribution in [0, 0.1) is 5.41 Å². The Bertz CT molecular complexity index is 413. The summed E-state index contributed by atoms with van der Waals surface area (Å²) >= 11 is 0. The Morgan fingerprint density at radius 1 is 1.33 bits per heavy atom. The highest BCUT2D eigenvalue weighted by atomic mass is 19.4. The molecule has 0 saturated carbocycles. The van der Waals surface area contributed by atoms with Crippen LogP contribution >= 0.6 is 0 Å². The molecule has 1 N–H and O–H groups in total. The largest absolute Gasteiger partial charge is 0.416 e. The Hall–Kier alpha value is -1.07. The molecule has 2 nitrogen and oxygen atoms in total. The molecule has 1 aromatic rings. The third-order valence-electron chi connectivity index (χ3n) is 3.04. The monoisotopic (exact) mass is 259 g/mol. The molecule has 0 atom stereocenters. The smallest absolute Gasteiger partial charge is 0.380 e. The number of hydrogen-bond donors (Lipinski definition) is 1. The molecule has 1 aromatic carbocycles. The SMILES string of the molecule is CC1(CNCc2cccc(C(F)(F)F)c2)COC1. The molecule has 0 amide bonds. The lowest BCUT2D eigenvalue weighted by Crippen LogP contribution is -2.47. The second-order valence-electron chi connectivity index (χ2n) is 5.11. The van der Waals surface area contributed by atoms with Gasteiger partial charge in [0.1, 0.15) is 0 Å². The van der Waals surface area contributed by atoms with E-state index in [0.717, 1.165) is 12.6 Å². The zero-order valence-electron chi connectivity index (χ0n) is 10.2. The van der Waals surface area contributed by atoms with Crippen molar-refractivity contribution in [3.63, 3.8) is 0 Å². The highest BCUT2D eigenvalue weighted by Gasteiger charge is 2.33. The van der Waals surface area contributed by atoms with E-state index in [1.165, 1.54) is 12.1 Å². The molecular weight excluding hydrogens is 243 g/mol. The summed E-state index contributed by atoms with van der Waals surface area (Å²) in [5, 5.41) is 3.18. The van der Waals surface area contributed by atoms with Crippen LogP contribution in [-0.4, -0.2) is 19.8 Å². The maximum atomic E-state index is 12.5. The number of benzene rings is 1. The maximum Gasteiger partial charge on any atom is 0.416 e. The van der Waals surface area contributed by atoms with Crippen LogP contribution in [0.1, 0.15) is 18.1 Å². The Kier molecular flexibility index (Phi) is 3.64. The van der Waals surface area contributed by atoms with E-state index in [-0.39, 0.29) is 5.41 Å². The molecule has 18 heavy (non-hydrogen) atoms. The zero-order chi connectivity index (χ0) is 13.2. The van der Waals surface area contributed by atoms with Crippen molar-refractivity contribution >= 4 is 0 Å². The molecular formula is C13H16F3NO. The second-order valence-corrected chi connectivity index (χ2v) is 5.11. The van der Waals surface area contributed by atoms with Crippen LogP contribution in [-0.2, 0) is 17.5 Å². The molecule has 0 aliphatic carbocycles. The molecule has 100 valence electrons. The lowest BCUT2D eigenvalue weighted by Gasteiger charge is -2.38. The fourth-order valence-electron chi connectivity index (χ4n) is 1.92. The number of nitrogens with one attached hydrogen (secondary N) is 1. The van der Waals surface area contributed by atoms with E-state index in [1.54, 1.807) is 6.07 Å². The van der Waals surface area contributed by atoms with Gasteiger partial charge >= 0.3 is 6.18 Å². The van der Waals surface area contributed by atoms with Crippen LogP contribution in [0.2, 0.25) is 0 Å². The molecule has 1 aliphatic heterocycles. The molecule has 0 aromatic heterocycles. The second kappa shape index (κ2) is 4.90. The zero-order valence-corrected chi connectivity index (χ0v) is 10.2. The number of ether oxygens (including phenoxy) is 1. The van der Waals surface area contributed by atoms with Gasteiger partial charge in [0.15, 0.2) is 0 Å². The molecule has 0 unspecified atom stereocenters. The van der Waals surface area contributed by atoms with Gasteiger partial charge in [-0.2, -0.15) is 13.2 Å². The van der Waals surface area contributed by atoms with Gasteiger partial charge in [-0.1, -0.05) is 25.1 Å². The third kappa shape index (κ3) is 3.23. The van der Waals surface area contributed by atoms with Crippen LogP contribution in [0.15, 0.2) is 24.3 Å². The number of hydrogen-bond acceptors (Lipinski definition) is 2. The van der Waals surface area contributed by atoms with E-state index >= 15 is 0 Å².